The molecule has 2 fully saturated rings. The molecule has 1 aromatic heterocycles. The average Bonchev–Trinajstić information content (AvgIpc) is 3.59. The summed E-state index contributed by atoms with van der Waals surface area (Å²) in [5.41, 5.74) is -2.48. The van der Waals surface area contributed by atoms with Crippen molar-refractivity contribution in [1.29, 1.82) is 0 Å². The quantitative estimate of drug-likeness (QED) is 0.133. The smallest absolute Gasteiger partial charge is 0.746 e. The van der Waals surface area contributed by atoms with Crippen LogP contribution in [0.1, 0.15) is 51.7 Å². The van der Waals surface area contributed by atoms with Gasteiger partial charge >= 0.3 is 35.7 Å². The summed E-state index contributed by atoms with van der Waals surface area (Å²) in [5, 5.41) is 17.5. The Kier molecular flexibility index (Phi) is 12.9. The van der Waals surface area contributed by atoms with Crippen LogP contribution >= 0.6 is 0 Å². The minimum atomic E-state index is -5.22. The summed E-state index contributed by atoms with van der Waals surface area (Å²) < 4.78 is 45.2. The Morgan fingerprint density at radius 3 is 2.58 bits per heavy atom. The number of nitrogens with zero attached hydrogens (tertiary/aromatic N) is 1. The number of nitrogens with one attached hydrogen (secondary N) is 3. The molecule has 0 radical (unpaired) electrons. The summed E-state index contributed by atoms with van der Waals surface area (Å²) in [4.78, 5) is 51.5. The standard InChI is InChI=1S/C24H36N4O10S.Na/c1-14(2)10-18(22(31)26-19(23(32)39(34,35)36)11-15-7-8-25-21(15)30)27-24(33)38-13-16-5-6-20(29)28(16)12-17-4-3-9-37-17;/h3-4,9,14-16,18-19,23,32H,5-8,10-13H2,1-2H3,(H,25,30)(H,26,31)(H,27,33)(H,34,35,36);/q;+1/p-1/t15-,16-,18-,19-,23?;/m0./s1. The van der Waals surface area contributed by atoms with Gasteiger partial charge in [0, 0.05) is 18.9 Å². The van der Waals surface area contributed by atoms with Crippen LogP contribution in [-0.4, -0.2) is 83.5 Å². The van der Waals surface area contributed by atoms with Crippen molar-refractivity contribution in [3.8, 4) is 0 Å². The van der Waals surface area contributed by atoms with E-state index >= 15 is 0 Å². The third-order valence-corrected chi connectivity index (χ3v) is 7.67. The van der Waals surface area contributed by atoms with Crippen molar-refractivity contribution < 1.29 is 76.0 Å². The van der Waals surface area contributed by atoms with Gasteiger partial charge in [-0.2, -0.15) is 0 Å². The normalized spacial score (nSPS) is 21.4. The molecule has 2 saturated heterocycles. The van der Waals surface area contributed by atoms with Crippen molar-refractivity contribution in [1.82, 2.24) is 20.9 Å². The number of carbonyl (C=O) groups is 4. The first-order chi connectivity index (χ1) is 18.3. The number of carbonyl (C=O) groups excluding carboxylic acids is 4. The molecule has 1 unspecified atom stereocenters. The number of rotatable bonds is 13. The number of likely N-dealkylation sites (tertiary alicyclic amines) is 1. The Hall–Kier alpha value is -2.17. The molecule has 5 atom stereocenters. The summed E-state index contributed by atoms with van der Waals surface area (Å²) in [5.74, 6) is -1.54. The van der Waals surface area contributed by atoms with Gasteiger partial charge in [0.2, 0.25) is 17.7 Å². The van der Waals surface area contributed by atoms with Crippen molar-refractivity contribution in [2.45, 2.75) is 76.1 Å². The van der Waals surface area contributed by atoms with Gasteiger partial charge in [0.25, 0.3) is 0 Å². The molecule has 0 saturated carbocycles. The fourth-order valence-electron chi connectivity index (χ4n) is 4.72. The average molecular weight is 595 g/mol. The van der Waals surface area contributed by atoms with Crippen LogP contribution in [0.2, 0.25) is 0 Å². The maximum atomic E-state index is 13.1. The molecule has 0 spiro atoms. The molecular weight excluding hydrogens is 559 g/mol. The van der Waals surface area contributed by atoms with E-state index in [2.05, 4.69) is 16.0 Å². The van der Waals surface area contributed by atoms with E-state index < -0.39 is 45.6 Å². The zero-order valence-corrected chi connectivity index (χ0v) is 25.6. The molecule has 4 N–H and O–H groups in total. The summed E-state index contributed by atoms with van der Waals surface area (Å²) in [6.45, 7) is 4.04. The van der Waals surface area contributed by atoms with Gasteiger partial charge in [-0.3, -0.25) is 14.4 Å². The van der Waals surface area contributed by atoms with Crippen LogP contribution in [0.4, 0.5) is 4.79 Å². The van der Waals surface area contributed by atoms with Gasteiger partial charge < -0.3 is 39.7 Å². The van der Waals surface area contributed by atoms with Crippen LogP contribution in [0.15, 0.2) is 22.8 Å². The second kappa shape index (κ2) is 15.2. The van der Waals surface area contributed by atoms with E-state index in [1.165, 1.54) is 6.26 Å². The second-order valence-corrected chi connectivity index (χ2v) is 11.7. The fraction of sp³-hybridized carbons (Fsp3) is 0.667. The van der Waals surface area contributed by atoms with Crippen LogP contribution in [0, 0.1) is 11.8 Å². The predicted molar refractivity (Wildman–Crippen MR) is 133 cm³/mol. The minimum Gasteiger partial charge on any atom is -0.746 e. The number of alkyl carbamates (subject to hydrolysis) is 1. The van der Waals surface area contributed by atoms with Crippen LogP contribution in [0.5, 0.6) is 0 Å². The van der Waals surface area contributed by atoms with Crippen LogP contribution in [0.25, 0.3) is 0 Å². The fourth-order valence-corrected chi connectivity index (χ4v) is 5.30. The molecule has 218 valence electrons. The molecule has 2 aliphatic rings. The number of furan rings is 1. The molecule has 4 amide bonds. The van der Waals surface area contributed by atoms with E-state index in [0.29, 0.717) is 31.6 Å². The SMILES string of the molecule is CC(C)C[C@H](NC(=O)OC[C@@H]1CCC(=O)N1Cc1ccco1)C(=O)N[C@@H](C[C@@H]1CCNC1=O)C(O)S(=O)(=O)[O-].[Na+]. The minimum absolute atomic E-state index is 0. The molecule has 3 rings (SSSR count). The Balaban J connectivity index is 0.00000560. The van der Waals surface area contributed by atoms with Crippen molar-refractivity contribution in [3.05, 3.63) is 24.2 Å². The number of amides is 4. The van der Waals surface area contributed by atoms with E-state index in [1.807, 2.05) is 0 Å². The van der Waals surface area contributed by atoms with E-state index in [1.54, 1.807) is 30.9 Å². The van der Waals surface area contributed by atoms with Crippen molar-refractivity contribution in [2.75, 3.05) is 13.2 Å². The number of hydrogen-bond acceptors (Lipinski definition) is 10. The zero-order valence-electron chi connectivity index (χ0n) is 22.8. The third-order valence-electron chi connectivity index (χ3n) is 6.75. The molecule has 0 aromatic carbocycles. The maximum Gasteiger partial charge on any atom is 1.00 e. The van der Waals surface area contributed by atoms with Crippen LogP contribution in [-0.2, 0) is 35.8 Å². The molecule has 14 nitrogen and oxygen atoms in total. The van der Waals surface area contributed by atoms with Crippen LogP contribution < -0.4 is 45.5 Å². The zero-order chi connectivity index (χ0) is 28.7. The number of hydrogen-bond donors (Lipinski definition) is 4. The van der Waals surface area contributed by atoms with Crippen molar-refractivity contribution in [3.63, 3.8) is 0 Å². The van der Waals surface area contributed by atoms with Gasteiger partial charge in [0.05, 0.1) is 24.9 Å². The largest absolute Gasteiger partial charge is 1.00 e. The molecule has 0 bridgehead atoms. The summed E-state index contributed by atoms with van der Waals surface area (Å²) >= 11 is 0. The van der Waals surface area contributed by atoms with Crippen LogP contribution in [0.3, 0.4) is 0 Å². The summed E-state index contributed by atoms with van der Waals surface area (Å²) in [6, 6.07) is 0.287. The first-order valence-electron chi connectivity index (χ1n) is 12.8. The van der Waals surface area contributed by atoms with E-state index in [0.717, 1.165) is 0 Å². The molecule has 3 heterocycles. The summed E-state index contributed by atoms with van der Waals surface area (Å²) in [7, 11) is -5.22. The van der Waals surface area contributed by atoms with E-state index in [4.69, 9.17) is 9.15 Å². The second-order valence-electron chi connectivity index (χ2n) is 10.2. The number of aliphatic hydroxyl groups excluding tert-OH is 1. The van der Waals surface area contributed by atoms with E-state index in [9.17, 15) is 37.3 Å². The van der Waals surface area contributed by atoms with Crippen molar-refractivity contribution in [2.24, 2.45) is 11.8 Å². The number of aliphatic hydroxyl groups is 1. The monoisotopic (exact) mass is 594 g/mol. The third kappa shape index (κ3) is 9.73. The van der Waals surface area contributed by atoms with Gasteiger partial charge in [-0.15, -0.1) is 0 Å². The molecule has 1 aromatic rings. The van der Waals surface area contributed by atoms with Gasteiger partial charge in [0.1, 0.15) is 28.5 Å². The predicted octanol–water partition coefficient (Wildman–Crippen LogP) is -3.21. The molecular formula is C24H35N4NaO10S. The first-order valence-corrected chi connectivity index (χ1v) is 14.3. The molecule has 0 aliphatic carbocycles. The van der Waals surface area contributed by atoms with E-state index in [-0.39, 0.29) is 79.3 Å². The van der Waals surface area contributed by atoms with Gasteiger partial charge in [-0.25, -0.2) is 13.2 Å². The Labute approximate surface area is 255 Å². The van der Waals surface area contributed by atoms with Gasteiger partial charge in [0.15, 0.2) is 5.44 Å². The van der Waals surface area contributed by atoms with Gasteiger partial charge in [-0.05, 0) is 43.7 Å². The molecule has 16 heteroatoms. The topological polar surface area (TPSA) is 207 Å². The Bertz CT molecular complexity index is 1130. The Morgan fingerprint density at radius 2 is 2.00 bits per heavy atom. The molecule has 2 aliphatic heterocycles. The Morgan fingerprint density at radius 1 is 1.27 bits per heavy atom. The number of ether oxygens (including phenoxy) is 1. The molecule has 40 heavy (non-hydrogen) atoms. The van der Waals surface area contributed by atoms with Gasteiger partial charge in [-0.1, -0.05) is 13.8 Å². The summed E-state index contributed by atoms with van der Waals surface area (Å²) in [6.07, 6.45) is 1.52. The first kappa shape index (κ1) is 34.0. The van der Waals surface area contributed by atoms with Crippen molar-refractivity contribution >= 4 is 33.9 Å². The maximum absolute atomic E-state index is 13.1.